The minimum Gasteiger partial charge on any atom is -0.464 e. The molecule has 0 saturated heterocycles. The lowest BCUT2D eigenvalue weighted by molar-refractivity contribution is -0.150. The van der Waals surface area contributed by atoms with Gasteiger partial charge in [-0.25, -0.2) is 4.79 Å². The van der Waals surface area contributed by atoms with Crippen molar-refractivity contribution in [1.82, 2.24) is 10.5 Å². The van der Waals surface area contributed by atoms with Crippen molar-refractivity contribution in [3.05, 3.63) is 17.5 Å². The third-order valence-electron chi connectivity index (χ3n) is 2.97. The maximum absolute atomic E-state index is 12.2. The van der Waals surface area contributed by atoms with E-state index < -0.39 is 22.3 Å². The number of nitrogens with zero attached hydrogens (tertiary/aromatic N) is 1. The number of alkyl halides is 2. The van der Waals surface area contributed by atoms with Crippen LogP contribution in [0, 0.1) is 6.92 Å². The summed E-state index contributed by atoms with van der Waals surface area (Å²) in [6, 6.07) is 0. The maximum atomic E-state index is 12.2. The van der Waals surface area contributed by atoms with Crippen LogP contribution in [-0.4, -0.2) is 34.0 Å². The number of amides is 1. The van der Waals surface area contributed by atoms with Crippen LogP contribution in [-0.2, 0) is 9.53 Å². The van der Waals surface area contributed by atoms with Crippen LogP contribution in [0.1, 0.15) is 42.7 Å². The quantitative estimate of drug-likeness (QED) is 0.611. The number of carbonyl (C=O) groups is 2. The lowest BCUT2D eigenvalue weighted by Gasteiger charge is -2.28. The summed E-state index contributed by atoms with van der Waals surface area (Å²) in [6.45, 7) is 5.10. The van der Waals surface area contributed by atoms with E-state index in [-0.39, 0.29) is 18.6 Å². The highest BCUT2D eigenvalue weighted by Crippen LogP contribution is 2.21. The third-order valence-corrected chi connectivity index (χ3v) is 3.41. The van der Waals surface area contributed by atoms with Crippen molar-refractivity contribution in [1.29, 1.82) is 0 Å². The Morgan fingerprint density at radius 1 is 1.52 bits per heavy atom. The molecule has 1 rings (SSSR count). The SMILES string of the molecule is CCOC(=O)[C@](C)(CCC(Cl)Cl)NC(=O)c1conc1C. The van der Waals surface area contributed by atoms with Gasteiger partial charge in [0.05, 0.1) is 12.3 Å². The van der Waals surface area contributed by atoms with Crippen molar-refractivity contribution in [3.63, 3.8) is 0 Å². The Morgan fingerprint density at radius 3 is 2.67 bits per heavy atom. The Morgan fingerprint density at radius 2 is 2.19 bits per heavy atom. The van der Waals surface area contributed by atoms with Gasteiger partial charge in [-0.3, -0.25) is 4.79 Å². The van der Waals surface area contributed by atoms with Crippen LogP contribution in [0.15, 0.2) is 10.8 Å². The zero-order valence-electron chi connectivity index (χ0n) is 12.1. The van der Waals surface area contributed by atoms with Gasteiger partial charge in [0.25, 0.3) is 5.91 Å². The smallest absolute Gasteiger partial charge is 0.331 e. The summed E-state index contributed by atoms with van der Waals surface area (Å²) in [7, 11) is 0. The van der Waals surface area contributed by atoms with E-state index in [4.69, 9.17) is 32.5 Å². The van der Waals surface area contributed by atoms with Crippen LogP contribution < -0.4 is 5.32 Å². The Bertz CT molecular complexity index is 504. The van der Waals surface area contributed by atoms with Gasteiger partial charge >= 0.3 is 5.97 Å². The Balaban J connectivity index is 2.88. The van der Waals surface area contributed by atoms with E-state index in [1.54, 1.807) is 20.8 Å². The monoisotopic (exact) mass is 336 g/mol. The van der Waals surface area contributed by atoms with E-state index in [1.165, 1.54) is 6.26 Å². The van der Waals surface area contributed by atoms with Crippen molar-refractivity contribution >= 4 is 35.1 Å². The van der Waals surface area contributed by atoms with E-state index in [0.717, 1.165) is 0 Å². The fourth-order valence-electron chi connectivity index (χ4n) is 1.73. The van der Waals surface area contributed by atoms with Crippen LogP contribution in [0.3, 0.4) is 0 Å². The number of aryl methyl sites for hydroxylation is 1. The molecule has 21 heavy (non-hydrogen) atoms. The molecule has 1 heterocycles. The molecule has 1 atom stereocenters. The lowest BCUT2D eigenvalue weighted by atomic mass is 9.95. The second-order valence-corrected chi connectivity index (χ2v) is 6.03. The van der Waals surface area contributed by atoms with Crippen LogP contribution in [0.5, 0.6) is 0 Å². The van der Waals surface area contributed by atoms with Crippen LogP contribution >= 0.6 is 23.2 Å². The highest BCUT2D eigenvalue weighted by Gasteiger charge is 2.37. The third kappa shape index (κ3) is 4.89. The lowest BCUT2D eigenvalue weighted by Crippen LogP contribution is -2.53. The summed E-state index contributed by atoms with van der Waals surface area (Å²) in [5.74, 6) is -1.01. The number of aromatic nitrogens is 1. The normalized spacial score (nSPS) is 13.8. The van der Waals surface area contributed by atoms with E-state index in [2.05, 4.69) is 10.5 Å². The number of hydrogen-bond donors (Lipinski definition) is 1. The van der Waals surface area contributed by atoms with Crippen molar-refractivity contribution < 1.29 is 18.8 Å². The van der Waals surface area contributed by atoms with Gasteiger partial charge in [0.15, 0.2) is 0 Å². The van der Waals surface area contributed by atoms with E-state index >= 15 is 0 Å². The first-order valence-corrected chi connectivity index (χ1v) is 7.36. The molecule has 1 aromatic heterocycles. The van der Waals surface area contributed by atoms with Gasteiger partial charge in [0, 0.05) is 0 Å². The molecule has 118 valence electrons. The van der Waals surface area contributed by atoms with Crippen molar-refractivity contribution in [2.24, 2.45) is 0 Å². The molecule has 0 aliphatic carbocycles. The van der Waals surface area contributed by atoms with Crippen LogP contribution in [0.2, 0.25) is 0 Å². The minimum absolute atomic E-state index is 0.210. The predicted molar refractivity (Wildman–Crippen MR) is 78.5 cm³/mol. The molecule has 0 fully saturated rings. The Labute approximate surface area is 133 Å². The highest BCUT2D eigenvalue weighted by molar-refractivity contribution is 6.44. The van der Waals surface area contributed by atoms with Gasteiger partial charge in [0.2, 0.25) is 0 Å². The molecular weight excluding hydrogens is 319 g/mol. The molecule has 0 unspecified atom stereocenters. The van der Waals surface area contributed by atoms with Gasteiger partial charge in [-0.1, -0.05) is 5.16 Å². The maximum Gasteiger partial charge on any atom is 0.331 e. The summed E-state index contributed by atoms with van der Waals surface area (Å²) in [4.78, 5) is 23.7. The zero-order chi connectivity index (χ0) is 16.0. The molecular formula is C13H18Cl2N2O4. The van der Waals surface area contributed by atoms with Crippen LogP contribution in [0.25, 0.3) is 0 Å². The first kappa shape index (κ1) is 17.8. The molecule has 0 aliphatic heterocycles. The number of nitrogens with one attached hydrogen (secondary N) is 1. The predicted octanol–water partition coefficient (Wildman–Crippen LogP) is 2.62. The fourth-order valence-corrected chi connectivity index (χ4v) is 1.95. The van der Waals surface area contributed by atoms with Gasteiger partial charge < -0.3 is 14.6 Å². The molecule has 0 aromatic carbocycles. The number of ether oxygens (including phenoxy) is 1. The van der Waals surface area contributed by atoms with E-state index in [0.29, 0.717) is 12.1 Å². The van der Waals surface area contributed by atoms with Gasteiger partial charge in [-0.05, 0) is 33.6 Å². The number of halogens is 2. The summed E-state index contributed by atoms with van der Waals surface area (Å²) in [5, 5.41) is 6.27. The second kappa shape index (κ2) is 7.66. The first-order chi connectivity index (χ1) is 9.80. The largest absolute Gasteiger partial charge is 0.464 e. The Kier molecular flexibility index (Phi) is 6.48. The molecule has 0 bridgehead atoms. The van der Waals surface area contributed by atoms with Crippen molar-refractivity contribution in [3.8, 4) is 0 Å². The topological polar surface area (TPSA) is 81.4 Å². The molecule has 8 heteroatoms. The average Bonchev–Trinajstić information content (AvgIpc) is 2.83. The molecule has 0 aliphatic rings. The molecule has 1 N–H and O–H groups in total. The number of hydrogen-bond acceptors (Lipinski definition) is 5. The summed E-state index contributed by atoms with van der Waals surface area (Å²) >= 11 is 11.4. The summed E-state index contributed by atoms with van der Waals surface area (Å²) in [5.41, 5.74) is -0.524. The average molecular weight is 337 g/mol. The molecule has 6 nitrogen and oxygen atoms in total. The molecule has 0 radical (unpaired) electrons. The standard InChI is InChI=1S/C13H18Cl2N2O4/c1-4-20-12(19)13(3,6-5-10(14)15)16-11(18)9-7-21-17-8(9)2/h7,10H,4-6H2,1-3H3,(H,16,18)/t13-/m0/s1. The van der Waals surface area contributed by atoms with Gasteiger partial charge in [-0.15, -0.1) is 23.2 Å². The molecule has 1 aromatic rings. The number of rotatable bonds is 7. The minimum atomic E-state index is -1.22. The van der Waals surface area contributed by atoms with Crippen molar-refractivity contribution in [2.45, 2.75) is 44.0 Å². The Hall–Kier alpha value is -1.27. The number of esters is 1. The molecule has 1 amide bonds. The second-order valence-electron chi connectivity index (χ2n) is 4.75. The zero-order valence-corrected chi connectivity index (χ0v) is 13.6. The van der Waals surface area contributed by atoms with E-state index in [1.807, 2.05) is 0 Å². The highest BCUT2D eigenvalue weighted by atomic mass is 35.5. The molecule has 0 saturated carbocycles. The molecule has 0 spiro atoms. The fraction of sp³-hybridized carbons (Fsp3) is 0.615. The number of carbonyl (C=O) groups excluding carboxylic acids is 2. The van der Waals surface area contributed by atoms with Gasteiger partial charge in [0.1, 0.15) is 22.2 Å². The van der Waals surface area contributed by atoms with Crippen LogP contribution in [0.4, 0.5) is 0 Å². The van der Waals surface area contributed by atoms with Gasteiger partial charge in [-0.2, -0.15) is 0 Å². The van der Waals surface area contributed by atoms with E-state index in [9.17, 15) is 9.59 Å². The summed E-state index contributed by atoms with van der Waals surface area (Å²) < 4.78 is 9.73. The first-order valence-electron chi connectivity index (χ1n) is 6.49. The summed E-state index contributed by atoms with van der Waals surface area (Å²) in [6.07, 6.45) is 1.81. The van der Waals surface area contributed by atoms with Crippen molar-refractivity contribution in [2.75, 3.05) is 6.61 Å².